The summed E-state index contributed by atoms with van der Waals surface area (Å²) < 4.78 is 0. The molecule has 3 aliphatic rings. The average Bonchev–Trinajstić information content (AvgIpc) is 3.23. The number of hydrogen-bond donors (Lipinski definition) is 3. The molecule has 2 saturated heterocycles. The number of rotatable bonds is 5. The minimum Gasteiger partial charge on any atom is -0.357 e. The summed E-state index contributed by atoms with van der Waals surface area (Å²) in [6.45, 7) is 3.77. The largest absolute Gasteiger partial charge is 0.357 e. The highest BCUT2D eigenvalue weighted by molar-refractivity contribution is 5.88. The van der Waals surface area contributed by atoms with E-state index in [-0.39, 0.29) is 0 Å². The lowest BCUT2D eigenvalue weighted by Gasteiger charge is -2.42. The third kappa shape index (κ3) is 3.33. The SMILES string of the molecule is CC(=N)N1CCC1CC(=N)N1CC1CC(=N)C1CCCCC1. The van der Waals surface area contributed by atoms with Crippen molar-refractivity contribution >= 4 is 17.4 Å². The van der Waals surface area contributed by atoms with Gasteiger partial charge in [-0.1, -0.05) is 19.3 Å². The van der Waals surface area contributed by atoms with Gasteiger partial charge in [-0.3, -0.25) is 10.8 Å². The van der Waals surface area contributed by atoms with Crippen molar-refractivity contribution in [2.45, 2.75) is 70.4 Å². The molecule has 2 heterocycles. The molecule has 1 aliphatic carbocycles. The summed E-state index contributed by atoms with van der Waals surface area (Å²) in [5.41, 5.74) is 0.931. The molecule has 0 amide bonds. The molecule has 0 radical (unpaired) electrons. The molecule has 0 bridgehead atoms. The molecule has 0 aromatic rings. The highest BCUT2D eigenvalue weighted by Crippen LogP contribution is 2.31. The molecule has 3 rings (SSSR count). The number of nitrogens with one attached hydrogen (secondary N) is 3. The first-order chi connectivity index (χ1) is 10.6. The van der Waals surface area contributed by atoms with Gasteiger partial charge < -0.3 is 15.2 Å². The third-order valence-electron chi connectivity index (χ3n) is 5.62. The minimum absolute atomic E-state index is 0.365. The summed E-state index contributed by atoms with van der Waals surface area (Å²) in [7, 11) is 0. The summed E-state index contributed by atoms with van der Waals surface area (Å²) in [6, 6.07) is 0.778. The van der Waals surface area contributed by atoms with E-state index in [1.165, 1.54) is 32.1 Å². The van der Waals surface area contributed by atoms with Crippen LogP contribution in [0.1, 0.15) is 58.3 Å². The Kier molecular flexibility index (Phi) is 4.50. The maximum absolute atomic E-state index is 8.33. The van der Waals surface area contributed by atoms with Gasteiger partial charge in [-0.05, 0) is 32.1 Å². The van der Waals surface area contributed by atoms with Crippen molar-refractivity contribution in [3.05, 3.63) is 0 Å². The Hall–Kier alpha value is -1.39. The molecule has 3 fully saturated rings. The molecule has 0 aromatic heterocycles. The summed E-state index contributed by atoms with van der Waals surface area (Å²) in [5, 5.41) is 24.3. The van der Waals surface area contributed by atoms with Gasteiger partial charge in [0.1, 0.15) is 0 Å². The van der Waals surface area contributed by atoms with E-state index in [4.69, 9.17) is 16.2 Å². The molecule has 2 atom stereocenters. The Balaban J connectivity index is 1.41. The van der Waals surface area contributed by atoms with E-state index in [0.29, 0.717) is 23.8 Å². The van der Waals surface area contributed by atoms with Crippen molar-refractivity contribution in [2.75, 3.05) is 13.1 Å². The normalized spacial score (nSPS) is 28.2. The smallest absolute Gasteiger partial charge is 0.0982 e. The average molecular weight is 303 g/mol. The monoisotopic (exact) mass is 303 g/mol. The quantitative estimate of drug-likeness (QED) is 0.414. The lowest BCUT2D eigenvalue weighted by Crippen LogP contribution is -2.51. The van der Waals surface area contributed by atoms with Gasteiger partial charge in [0.2, 0.25) is 0 Å². The molecule has 0 spiro atoms. The molecule has 1 saturated carbocycles. The van der Waals surface area contributed by atoms with Crippen molar-refractivity contribution in [3.63, 3.8) is 0 Å². The summed E-state index contributed by atoms with van der Waals surface area (Å²) in [6.07, 6.45) is 9.07. The molecular formula is C17H29N5. The highest BCUT2D eigenvalue weighted by atomic mass is 15.3. The van der Waals surface area contributed by atoms with Crippen molar-refractivity contribution in [1.82, 2.24) is 9.80 Å². The van der Waals surface area contributed by atoms with Crippen molar-refractivity contribution < 1.29 is 0 Å². The van der Waals surface area contributed by atoms with E-state index in [1.54, 1.807) is 0 Å². The summed E-state index contributed by atoms with van der Waals surface area (Å²) in [4.78, 5) is 4.25. The van der Waals surface area contributed by atoms with Crippen LogP contribution in [-0.4, -0.2) is 52.4 Å². The zero-order valence-electron chi connectivity index (χ0n) is 13.7. The predicted molar refractivity (Wildman–Crippen MR) is 90.3 cm³/mol. The Morgan fingerprint density at radius 1 is 0.909 bits per heavy atom. The van der Waals surface area contributed by atoms with Crippen LogP contribution in [0.2, 0.25) is 0 Å². The van der Waals surface area contributed by atoms with Crippen LogP contribution in [0.4, 0.5) is 0 Å². The lowest BCUT2D eigenvalue weighted by atomic mass is 9.84. The van der Waals surface area contributed by atoms with Crippen LogP contribution in [0, 0.1) is 22.1 Å². The molecule has 2 unspecified atom stereocenters. The second kappa shape index (κ2) is 6.39. The molecule has 5 heteroatoms. The van der Waals surface area contributed by atoms with Crippen molar-refractivity contribution in [2.24, 2.45) is 5.92 Å². The maximum Gasteiger partial charge on any atom is 0.0982 e. The first-order valence-corrected chi connectivity index (χ1v) is 8.79. The second-order valence-electron chi connectivity index (χ2n) is 7.24. The van der Waals surface area contributed by atoms with Gasteiger partial charge >= 0.3 is 0 Å². The molecule has 22 heavy (non-hydrogen) atoms. The Morgan fingerprint density at radius 3 is 2.23 bits per heavy atom. The van der Waals surface area contributed by atoms with Crippen LogP contribution < -0.4 is 0 Å². The van der Waals surface area contributed by atoms with Crippen molar-refractivity contribution in [3.8, 4) is 0 Å². The molecule has 0 aromatic carbocycles. The molecular weight excluding hydrogens is 274 g/mol. The van der Waals surface area contributed by atoms with E-state index >= 15 is 0 Å². The van der Waals surface area contributed by atoms with Gasteiger partial charge in [0.05, 0.1) is 17.7 Å². The number of amidine groups is 2. The molecule has 3 N–H and O–H groups in total. The number of hydrogen-bond acceptors (Lipinski definition) is 3. The van der Waals surface area contributed by atoms with Crippen LogP contribution in [0.25, 0.3) is 0 Å². The third-order valence-corrected chi connectivity index (χ3v) is 5.62. The van der Waals surface area contributed by atoms with Gasteiger partial charge in [-0.15, -0.1) is 0 Å². The van der Waals surface area contributed by atoms with E-state index < -0.39 is 0 Å². The fourth-order valence-corrected chi connectivity index (χ4v) is 3.99. The zero-order valence-corrected chi connectivity index (χ0v) is 13.7. The van der Waals surface area contributed by atoms with Gasteiger partial charge in [-0.25, -0.2) is 0 Å². The maximum atomic E-state index is 8.33. The minimum atomic E-state index is 0.365. The van der Waals surface area contributed by atoms with Crippen molar-refractivity contribution in [1.29, 1.82) is 16.2 Å². The Bertz CT molecular complexity index is 466. The zero-order chi connectivity index (χ0) is 15.7. The first-order valence-electron chi connectivity index (χ1n) is 8.79. The predicted octanol–water partition coefficient (Wildman–Crippen LogP) is 3.10. The summed E-state index contributed by atoms with van der Waals surface area (Å²) in [5.74, 6) is 1.87. The van der Waals surface area contributed by atoms with E-state index in [9.17, 15) is 0 Å². The van der Waals surface area contributed by atoms with Crippen LogP contribution in [0.5, 0.6) is 0 Å². The highest BCUT2D eigenvalue weighted by Gasteiger charge is 2.40. The van der Waals surface area contributed by atoms with Gasteiger partial charge in [-0.2, -0.15) is 0 Å². The number of nitrogens with zero attached hydrogens (tertiary/aromatic N) is 2. The van der Waals surface area contributed by atoms with Crippen LogP contribution >= 0.6 is 0 Å². The van der Waals surface area contributed by atoms with E-state index in [2.05, 4.69) is 9.80 Å². The fraction of sp³-hybridized carbons (Fsp3) is 0.824. The fourth-order valence-electron chi connectivity index (χ4n) is 3.99. The summed E-state index contributed by atoms with van der Waals surface area (Å²) >= 11 is 0. The van der Waals surface area contributed by atoms with Crippen LogP contribution in [-0.2, 0) is 0 Å². The van der Waals surface area contributed by atoms with Gasteiger partial charge in [0.25, 0.3) is 0 Å². The topological polar surface area (TPSA) is 77.8 Å². The van der Waals surface area contributed by atoms with Gasteiger partial charge in [0, 0.05) is 37.7 Å². The molecule has 5 nitrogen and oxygen atoms in total. The molecule has 2 aliphatic heterocycles. The molecule has 122 valence electrons. The van der Waals surface area contributed by atoms with Gasteiger partial charge in [0.15, 0.2) is 0 Å². The van der Waals surface area contributed by atoms with E-state index in [0.717, 1.165) is 43.9 Å². The lowest BCUT2D eigenvalue weighted by molar-refractivity contribution is 0.186. The number of likely N-dealkylation sites (tertiary alicyclic amines) is 1. The van der Waals surface area contributed by atoms with Crippen LogP contribution in [0.3, 0.4) is 0 Å². The Labute approximate surface area is 133 Å². The second-order valence-corrected chi connectivity index (χ2v) is 7.24. The first kappa shape index (κ1) is 15.5. The Morgan fingerprint density at radius 2 is 1.64 bits per heavy atom. The van der Waals surface area contributed by atoms with E-state index in [1.807, 2.05) is 6.92 Å². The standard InChI is InChI=1S/C17H29N5/c1-12(18)21-8-7-14(21)10-17(20)22-11-15(22)9-16(19)13-5-3-2-4-6-13/h13-15,18-20H,2-11H2,1H3. The van der Waals surface area contributed by atoms with Crippen LogP contribution in [0.15, 0.2) is 0 Å².